The first-order chi connectivity index (χ1) is 9.03. The van der Waals surface area contributed by atoms with E-state index in [4.69, 9.17) is 0 Å². The molecule has 1 saturated heterocycles. The predicted molar refractivity (Wildman–Crippen MR) is 78.3 cm³/mol. The van der Waals surface area contributed by atoms with E-state index in [1.54, 1.807) is 19.1 Å². The number of nitrogens with one attached hydrogen (secondary N) is 1. The highest BCUT2D eigenvalue weighted by atomic mass is 32.2. The van der Waals surface area contributed by atoms with Crippen LogP contribution in [0.4, 0.5) is 5.69 Å². The summed E-state index contributed by atoms with van der Waals surface area (Å²) in [5.41, 5.74) is 0.749. The molecule has 2 rings (SSSR count). The van der Waals surface area contributed by atoms with Crippen molar-refractivity contribution >= 4 is 15.5 Å². The monoisotopic (exact) mass is 282 g/mol. The Bertz CT molecular complexity index is 520. The first kappa shape index (κ1) is 14.3. The van der Waals surface area contributed by atoms with Gasteiger partial charge in [0.15, 0.2) is 9.84 Å². The summed E-state index contributed by atoms with van der Waals surface area (Å²) in [7, 11) is -1.05. The second-order valence-corrected chi connectivity index (χ2v) is 7.37. The van der Waals surface area contributed by atoms with E-state index in [0.717, 1.165) is 31.6 Å². The molecule has 1 aliphatic rings. The van der Waals surface area contributed by atoms with Gasteiger partial charge in [0.25, 0.3) is 0 Å². The maximum absolute atomic E-state index is 12.1. The number of anilines is 1. The van der Waals surface area contributed by atoms with Crippen molar-refractivity contribution in [2.24, 2.45) is 0 Å². The van der Waals surface area contributed by atoms with E-state index >= 15 is 0 Å². The molecule has 0 saturated carbocycles. The number of nitrogens with zero attached hydrogens (tertiary/aromatic N) is 1. The molecule has 1 heterocycles. The number of rotatable bonds is 4. The van der Waals surface area contributed by atoms with Crippen LogP contribution >= 0.6 is 0 Å². The lowest BCUT2D eigenvalue weighted by atomic mass is 10.1. The van der Waals surface area contributed by atoms with Crippen molar-refractivity contribution in [1.29, 1.82) is 0 Å². The maximum Gasteiger partial charge on any atom is 0.180 e. The van der Waals surface area contributed by atoms with Crippen LogP contribution in [-0.2, 0) is 9.84 Å². The van der Waals surface area contributed by atoms with Crippen LogP contribution in [0.5, 0.6) is 0 Å². The molecule has 1 aromatic carbocycles. The molecule has 0 aliphatic carbocycles. The number of sulfone groups is 1. The Morgan fingerprint density at radius 2 is 1.89 bits per heavy atom. The van der Waals surface area contributed by atoms with Crippen molar-refractivity contribution < 1.29 is 8.42 Å². The normalized spacial score (nSPS) is 18.4. The van der Waals surface area contributed by atoms with Gasteiger partial charge in [0.05, 0.1) is 16.3 Å². The van der Waals surface area contributed by atoms with Crippen molar-refractivity contribution in [3.8, 4) is 0 Å². The summed E-state index contributed by atoms with van der Waals surface area (Å²) in [6.45, 7) is 3.79. The van der Waals surface area contributed by atoms with Crippen LogP contribution < -0.4 is 5.32 Å². The number of para-hydroxylation sites is 1. The zero-order valence-corrected chi connectivity index (χ0v) is 12.4. The third-order valence-electron chi connectivity index (χ3n) is 3.68. The molecule has 1 fully saturated rings. The molecule has 0 atom stereocenters. The lowest BCUT2D eigenvalue weighted by molar-refractivity contribution is 0.264. The zero-order valence-electron chi connectivity index (χ0n) is 11.6. The van der Waals surface area contributed by atoms with Gasteiger partial charge in [-0.15, -0.1) is 0 Å². The van der Waals surface area contributed by atoms with E-state index < -0.39 is 9.84 Å². The highest BCUT2D eigenvalue weighted by Gasteiger charge is 2.20. The van der Waals surface area contributed by atoms with Crippen molar-refractivity contribution in [2.45, 2.75) is 30.7 Å². The molecule has 1 aliphatic heterocycles. The van der Waals surface area contributed by atoms with Gasteiger partial charge in [-0.3, -0.25) is 0 Å². The standard InChI is InChI=1S/C14H22N2O2S/c1-3-19(17,18)14-7-5-4-6-13(14)15-12-8-10-16(2)11-9-12/h4-7,12,15H,3,8-11H2,1-2H3. The Kier molecular flexibility index (Phi) is 4.47. The molecule has 5 heteroatoms. The van der Waals surface area contributed by atoms with Gasteiger partial charge in [-0.2, -0.15) is 0 Å². The Hall–Kier alpha value is -1.07. The van der Waals surface area contributed by atoms with Crippen LogP contribution in [0.2, 0.25) is 0 Å². The minimum atomic E-state index is -3.16. The first-order valence-electron chi connectivity index (χ1n) is 6.80. The lowest BCUT2D eigenvalue weighted by Gasteiger charge is -2.30. The van der Waals surface area contributed by atoms with Gasteiger partial charge >= 0.3 is 0 Å². The molecule has 19 heavy (non-hydrogen) atoms. The fourth-order valence-corrected chi connectivity index (χ4v) is 3.44. The number of piperidine rings is 1. The third-order valence-corrected chi connectivity index (χ3v) is 5.47. The minimum Gasteiger partial charge on any atom is -0.381 e. The van der Waals surface area contributed by atoms with Crippen LogP contribution in [-0.4, -0.2) is 45.2 Å². The molecule has 0 aromatic heterocycles. The highest BCUT2D eigenvalue weighted by Crippen LogP contribution is 2.24. The second-order valence-electron chi connectivity index (χ2n) is 5.12. The molecule has 1 aromatic rings. The van der Waals surface area contributed by atoms with Crippen molar-refractivity contribution in [1.82, 2.24) is 4.90 Å². The lowest BCUT2D eigenvalue weighted by Crippen LogP contribution is -2.37. The van der Waals surface area contributed by atoms with Crippen molar-refractivity contribution in [2.75, 3.05) is 31.2 Å². The average molecular weight is 282 g/mol. The molecular formula is C14H22N2O2S. The fraction of sp³-hybridized carbons (Fsp3) is 0.571. The topological polar surface area (TPSA) is 49.4 Å². The number of hydrogen-bond donors (Lipinski definition) is 1. The second kappa shape index (κ2) is 5.92. The summed E-state index contributed by atoms with van der Waals surface area (Å²) >= 11 is 0. The van der Waals surface area contributed by atoms with Gasteiger partial charge in [0, 0.05) is 6.04 Å². The summed E-state index contributed by atoms with van der Waals surface area (Å²) in [6, 6.07) is 7.58. The Morgan fingerprint density at radius 3 is 2.53 bits per heavy atom. The smallest absolute Gasteiger partial charge is 0.180 e. The Balaban J connectivity index is 2.17. The molecule has 106 valence electrons. The summed E-state index contributed by atoms with van der Waals surface area (Å²) < 4.78 is 24.1. The van der Waals surface area contributed by atoms with E-state index in [9.17, 15) is 8.42 Å². The number of likely N-dealkylation sites (tertiary alicyclic amines) is 1. The fourth-order valence-electron chi connectivity index (χ4n) is 2.39. The van der Waals surface area contributed by atoms with Gasteiger partial charge < -0.3 is 10.2 Å². The predicted octanol–water partition coefficient (Wildman–Crippen LogP) is 1.99. The summed E-state index contributed by atoms with van der Waals surface area (Å²) in [5, 5.41) is 3.40. The van der Waals surface area contributed by atoms with Crippen molar-refractivity contribution in [3.63, 3.8) is 0 Å². The van der Waals surface area contributed by atoms with Crippen LogP contribution in [0.25, 0.3) is 0 Å². The van der Waals surface area contributed by atoms with Crippen molar-refractivity contribution in [3.05, 3.63) is 24.3 Å². The Morgan fingerprint density at radius 1 is 1.26 bits per heavy atom. The Labute approximate surface area is 115 Å². The minimum absolute atomic E-state index is 0.138. The maximum atomic E-state index is 12.1. The van der Waals surface area contributed by atoms with Gasteiger partial charge in [-0.25, -0.2) is 8.42 Å². The zero-order chi connectivity index (χ0) is 13.9. The average Bonchev–Trinajstić information content (AvgIpc) is 2.42. The van der Waals surface area contributed by atoms with Gasteiger partial charge in [-0.1, -0.05) is 19.1 Å². The van der Waals surface area contributed by atoms with E-state index in [1.165, 1.54) is 0 Å². The quantitative estimate of drug-likeness (QED) is 0.917. The summed E-state index contributed by atoms with van der Waals surface area (Å²) in [5.74, 6) is 0.138. The van der Waals surface area contributed by atoms with Crippen LogP contribution in [0.3, 0.4) is 0 Å². The molecule has 0 unspecified atom stereocenters. The third kappa shape index (κ3) is 3.48. The van der Waals surface area contributed by atoms with Crippen LogP contribution in [0.1, 0.15) is 19.8 Å². The summed E-state index contributed by atoms with van der Waals surface area (Å²) in [4.78, 5) is 2.73. The highest BCUT2D eigenvalue weighted by molar-refractivity contribution is 7.91. The van der Waals surface area contributed by atoms with Crippen LogP contribution in [0, 0.1) is 0 Å². The molecule has 1 N–H and O–H groups in total. The largest absolute Gasteiger partial charge is 0.381 e. The SMILES string of the molecule is CCS(=O)(=O)c1ccccc1NC1CCN(C)CC1. The van der Waals surface area contributed by atoms with Gasteiger partial charge in [0.2, 0.25) is 0 Å². The van der Waals surface area contributed by atoms with E-state index in [2.05, 4.69) is 17.3 Å². The van der Waals surface area contributed by atoms with E-state index in [1.807, 2.05) is 12.1 Å². The van der Waals surface area contributed by atoms with E-state index in [-0.39, 0.29) is 5.75 Å². The van der Waals surface area contributed by atoms with E-state index in [0.29, 0.717) is 10.9 Å². The molecule has 0 bridgehead atoms. The molecule has 4 nitrogen and oxygen atoms in total. The van der Waals surface area contributed by atoms with Gasteiger partial charge in [-0.05, 0) is 45.1 Å². The van der Waals surface area contributed by atoms with Gasteiger partial charge in [0.1, 0.15) is 0 Å². The number of benzene rings is 1. The first-order valence-corrected chi connectivity index (χ1v) is 8.45. The number of hydrogen-bond acceptors (Lipinski definition) is 4. The molecule has 0 radical (unpaired) electrons. The molecule has 0 spiro atoms. The molecule has 0 amide bonds. The summed E-state index contributed by atoms with van der Waals surface area (Å²) in [6.07, 6.45) is 2.11. The molecular weight excluding hydrogens is 260 g/mol. The van der Waals surface area contributed by atoms with Crippen LogP contribution in [0.15, 0.2) is 29.2 Å².